The summed E-state index contributed by atoms with van der Waals surface area (Å²) in [5.74, 6) is 0. The van der Waals surface area contributed by atoms with E-state index in [-0.39, 0.29) is 0 Å². The van der Waals surface area contributed by atoms with Gasteiger partial charge in [0.05, 0.1) is 6.04 Å². The lowest BCUT2D eigenvalue weighted by Gasteiger charge is -2.31. The predicted molar refractivity (Wildman–Crippen MR) is 108 cm³/mol. The van der Waals surface area contributed by atoms with E-state index in [0.717, 1.165) is 19.6 Å². The van der Waals surface area contributed by atoms with E-state index < -0.39 is 0 Å². The molecule has 1 aliphatic heterocycles. The van der Waals surface area contributed by atoms with Crippen LogP contribution in [0.3, 0.4) is 0 Å². The number of benzene rings is 2. The molecule has 0 bridgehead atoms. The molecule has 0 saturated heterocycles. The summed E-state index contributed by atoms with van der Waals surface area (Å²) in [7, 11) is 0. The van der Waals surface area contributed by atoms with Crippen molar-refractivity contribution in [1.82, 2.24) is 9.47 Å². The van der Waals surface area contributed by atoms with Crippen molar-refractivity contribution in [3.8, 4) is 0 Å². The average molecular weight is 345 g/mol. The van der Waals surface area contributed by atoms with E-state index in [2.05, 4.69) is 91.0 Å². The summed E-state index contributed by atoms with van der Waals surface area (Å²) in [5.41, 5.74) is 8.26. The van der Waals surface area contributed by atoms with Crippen molar-refractivity contribution in [2.75, 3.05) is 6.54 Å². The lowest BCUT2D eigenvalue weighted by Crippen LogP contribution is -2.29. The van der Waals surface area contributed by atoms with Gasteiger partial charge in [-0.15, -0.1) is 0 Å². The van der Waals surface area contributed by atoms with Gasteiger partial charge in [0.15, 0.2) is 0 Å². The van der Waals surface area contributed by atoms with Crippen molar-refractivity contribution in [1.29, 1.82) is 0 Å². The molecule has 1 aliphatic rings. The van der Waals surface area contributed by atoms with Crippen LogP contribution in [-0.4, -0.2) is 16.0 Å². The number of nitrogens with zero attached hydrogens (tertiary/aromatic N) is 2. The minimum Gasteiger partial charge on any atom is -0.350 e. The van der Waals surface area contributed by atoms with Gasteiger partial charge in [0.25, 0.3) is 0 Å². The lowest BCUT2D eigenvalue weighted by atomic mass is 9.99. The Morgan fingerprint density at radius 1 is 0.846 bits per heavy atom. The van der Waals surface area contributed by atoms with E-state index >= 15 is 0 Å². The molecular weight excluding hydrogens is 316 g/mol. The molecule has 0 N–H and O–H groups in total. The van der Waals surface area contributed by atoms with Crippen molar-refractivity contribution in [2.24, 2.45) is 0 Å². The fourth-order valence-electron chi connectivity index (χ4n) is 4.43. The molecule has 134 valence electrons. The Kier molecular flexibility index (Phi) is 4.69. The third-order valence-corrected chi connectivity index (χ3v) is 5.38. The maximum Gasteiger partial charge on any atom is 0.0759 e. The minimum absolute atomic E-state index is 0.313. The molecule has 2 heterocycles. The number of fused-ring (bicyclic) bond motifs is 1. The normalized spacial score (nSPS) is 17.7. The maximum atomic E-state index is 2.65. The van der Waals surface area contributed by atoms with Crippen LogP contribution in [-0.2, 0) is 13.1 Å². The summed E-state index contributed by atoms with van der Waals surface area (Å²) in [6.45, 7) is 9.80. The van der Waals surface area contributed by atoms with Crippen LogP contribution in [0.1, 0.15) is 46.0 Å². The number of aromatic nitrogens is 1. The molecule has 0 saturated carbocycles. The molecule has 26 heavy (non-hydrogen) atoms. The van der Waals surface area contributed by atoms with Crippen LogP contribution in [0.25, 0.3) is 0 Å². The standard InChI is InChI=1S/C24H28N2/c1-18-7-4-8-22(16-18)24-23-9-5-10-25(23)11-6-12-26(24)17-21-14-19(2)13-20(3)15-21/h4-5,7-10,13-16,24H,6,11-12,17H2,1-3H3. The fourth-order valence-corrected chi connectivity index (χ4v) is 4.43. The molecular formula is C24H28N2. The first-order chi connectivity index (χ1) is 12.6. The van der Waals surface area contributed by atoms with Gasteiger partial charge in [-0.05, 0) is 50.5 Å². The molecule has 2 aromatic carbocycles. The second-order valence-corrected chi connectivity index (χ2v) is 7.76. The zero-order valence-corrected chi connectivity index (χ0v) is 16.1. The van der Waals surface area contributed by atoms with Gasteiger partial charge in [0.1, 0.15) is 0 Å². The van der Waals surface area contributed by atoms with E-state index in [9.17, 15) is 0 Å². The second-order valence-electron chi connectivity index (χ2n) is 7.76. The first-order valence-corrected chi connectivity index (χ1v) is 9.63. The molecule has 2 heteroatoms. The highest BCUT2D eigenvalue weighted by Crippen LogP contribution is 2.33. The predicted octanol–water partition coefficient (Wildman–Crippen LogP) is 5.41. The quantitative estimate of drug-likeness (QED) is 0.617. The monoisotopic (exact) mass is 344 g/mol. The maximum absolute atomic E-state index is 2.65. The first kappa shape index (κ1) is 17.1. The van der Waals surface area contributed by atoms with Crippen LogP contribution in [0, 0.1) is 20.8 Å². The van der Waals surface area contributed by atoms with Crippen LogP contribution < -0.4 is 0 Å². The summed E-state index contributed by atoms with van der Waals surface area (Å²) < 4.78 is 2.44. The molecule has 0 fully saturated rings. The van der Waals surface area contributed by atoms with Gasteiger partial charge < -0.3 is 4.57 Å². The summed E-state index contributed by atoms with van der Waals surface area (Å²) in [4.78, 5) is 2.65. The summed E-state index contributed by atoms with van der Waals surface area (Å²) >= 11 is 0. The Hall–Kier alpha value is -2.32. The zero-order chi connectivity index (χ0) is 18.1. The molecule has 0 amide bonds. The smallest absolute Gasteiger partial charge is 0.0759 e. The molecule has 4 rings (SSSR count). The van der Waals surface area contributed by atoms with E-state index in [4.69, 9.17) is 0 Å². The van der Waals surface area contributed by atoms with Crippen LogP contribution in [0.5, 0.6) is 0 Å². The SMILES string of the molecule is Cc1cc(C)cc(CN2CCCn3cccc3C2c2cccc(C)c2)c1. The Morgan fingerprint density at radius 3 is 2.42 bits per heavy atom. The third-order valence-electron chi connectivity index (χ3n) is 5.38. The first-order valence-electron chi connectivity index (χ1n) is 9.63. The number of hydrogen-bond acceptors (Lipinski definition) is 1. The number of hydrogen-bond donors (Lipinski definition) is 0. The van der Waals surface area contributed by atoms with Crippen molar-refractivity contribution in [2.45, 2.75) is 46.3 Å². The fraction of sp³-hybridized carbons (Fsp3) is 0.333. The van der Waals surface area contributed by atoms with Crippen LogP contribution in [0.15, 0.2) is 60.8 Å². The number of rotatable bonds is 3. The second kappa shape index (κ2) is 7.13. The summed E-state index contributed by atoms with van der Waals surface area (Å²) in [6, 6.07) is 20.8. The Labute approximate surface area is 157 Å². The van der Waals surface area contributed by atoms with Crippen molar-refractivity contribution < 1.29 is 0 Å². The third kappa shape index (κ3) is 3.47. The topological polar surface area (TPSA) is 8.17 Å². The largest absolute Gasteiger partial charge is 0.350 e. The van der Waals surface area contributed by atoms with Gasteiger partial charge in [-0.2, -0.15) is 0 Å². The van der Waals surface area contributed by atoms with Crippen molar-refractivity contribution in [3.63, 3.8) is 0 Å². The van der Waals surface area contributed by atoms with Gasteiger partial charge in [0.2, 0.25) is 0 Å². The van der Waals surface area contributed by atoms with E-state index in [0.29, 0.717) is 6.04 Å². The Morgan fingerprint density at radius 2 is 1.65 bits per heavy atom. The Bertz CT molecular complexity index is 886. The molecule has 0 spiro atoms. The van der Waals surface area contributed by atoms with Crippen molar-refractivity contribution in [3.05, 3.63) is 94.3 Å². The van der Waals surface area contributed by atoms with E-state index in [1.54, 1.807) is 0 Å². The molecule has 0 aliphatic carbocycles. The molecule has 1 unspecified atom stereocenters. The van der Waals surface area contributed by atoms with Gasteiger partial charge in [-0.3, -0.25) is 4.90 Å². The average Bonchev–Trinajstić information content (AvgIpc) is 2.95. The van der Waals surface area contributed by atoms with Crippen LogP contribution in [0.4, 0.5) is 0 Å². The molecule has 2 nitrogen and oxygen atoms in total. The summed E-state index contributed by atoms with van der Waals surface area (Å²) in [6.07, 6.45) is 3.42. The van der Waals surface area contributed by atoms with Gasteiger partial charge in [0, 0.05) is 31.5 Å². The number of aryl methyl sites for hydroxylation is 4. The van der Waals surface area contributed by atoms with E-state index in [1.807, 2.05) is 0 Å². The van der Waals surface area contributed by atoms with Crippen molar-refractivity contribution >= 4 is 0 Å². The minimum atomic E-state index is 0.313. The molecule has 0 radical (unpaired) electrons. The highest BCUT2D eigenvalue weighted by molar-refractivity contribution is 5.34. The van der Waals surface area contributed by atoms with Crippen LogP contribution >= 0.6 is 0 Å². The molecule has 3 aromatic rings. The summed E-state index contributed by atoms with van der Waals surface area (Å²) in [5, 5.41) is 0. The Balaban J connectivity index is 1.75. The van der Waals surface area contributed by atoms with Crippen LogP contribution in [0.2, 0.25) is 0 Å². The van der Waals surface area contributed by atoms with E-state index in [1.165, 1.54) is 39.9 Å². The lowest BCUT2D eigenvalue weighted by molar-refractivity contribution is 0.220. The highest BCUT2D eigenvalue weighted by Gasteiger charge is 2.27. The zero-order valence-electron chi connectivity index (χ0n) is 16.1. The van der Waals surface area contributed by atoms with Gasteiger partial charge >= 0.3 is 0 Å². The molecule has 1 atom stereocenters. The molecule has 1 aromatic heterocycles. The van der Waals surface area contributed by atoms with Gasteiger partial charge in [-0.1, -0.05) is 59.2 Å². The highest BCUT2D eigenvalue weighted by atomic mass is 15.2. The van der Waals surface area contributed by atoms with Gasteiger partial charge in [-0.25, -0.2) is 0 Å².